The molecule has 0 aromatic rings. The van der Waals surface area contributed by atoms with Crippen molar-refractivity contribution in [1.82, 2.24) is 15.1 Å². The molecule has 0 aromatic heterocycles. The molecule has 0 aliphatic carbocycles. The van der Waals surface area contributed by atoms with Crippen LogP contribution in [0.3, 0.4) is 0 Å². The van der Waals surface area contributed by atoms with Crippen molar-refractivity contribution < 1.29 is 24.3 Å². The number of urea groups is 1. The van der Waals surface area contributed by atoms with Gasteiger partial charge in [-0.25, -0.2) is 4.79 Å². The number of amides is 4. The van der Waals surface area contributed by atoms with Crippen LogP contribution in [-0.2, 0) is 14.4 Å². The molecule has 1 aliphatic rings. The Kier molecular flexibility index (Phi) is 5.28. The van der Waals surface area contributed by atoms with Crippen LogP contribution in [0.2, 0.25) is 0 Å². The summed E-state index contributed by atoms with van der Waals surface area (Å²) in [5.74, 6) is -1.47. The number of carbonyl (C=O) groups excluding carboxylic acids is 3. The van der Waals surface area contributed by atoms with Gasteiger partial charge >= 0.3 is 12.0 Å². The largest absolute Gasteiger partial charge is 0.481 e. The van der Waals surface area contributed by atoms with Crippen molar-refractivity contribution in [2.75, 3.05) is 20.1 Å². The molecule has 1 heterocycles. The molecule has 2 N–H and O–H groups in total. The lowest BCUT2D eigenvalue weighted by atomic mass is 10.1. The van der Waals surface area contributed by atoms with Gasteiger partial charge in [-0.1, -0.05) is 0 Å². The smallest absolute Gasteiger partial charge is 0.325 e. The quantitative estimate of drug-likeness (QED) is 0.645. The van der Waals surface area contributed by atoms with Gasteiger partial charge in [0.25, 0.3) is 5.91 Å². The number of hydrogen-bond donors (Lipinski definition) is 2. The first-order valence-corrected chi connectivity index (χ1v) is 6.75. The lowest BCUT2D eigenvalue weighted by Crippen LogP contribution is -2.40. The first-order valence-electron chi connectivity index (χ1n) is 6.75. The summed E-state index contributed by atoms with van der Waals surface area (Å²) < 4.78 is 0. The minimum atomic E-state index is -0.962. The Morgan fingerprint density at radius 3 is 2.38 bits per heavy atom. The molecule has 0 saturated carbocycles. The molecule has 1 rings (SSSR count). The second-order valence-electron chi connectivity index (χ2n) is 5.57. The molecular formula is C13H21N3O5. The molecule has 0 aromatic carbocycles. The van der Waals surface area contributed by atoms with Gasteiger partial charge in [0.05, 0.1) is 6.42 Å². The van der Waals surface area contributed by atoms with Crippen LogP contribution in [0.5, 0.6) is 0 Å². The monoisotopic (exact) mass is 299 g/mol. The Bertz CT molecular complexity index is 461. The Labute approximate surface area is 123 Å². The summed E-state index contributed by atoms with van der Waals surface area (Å²) in [5.41, 5.74) is -0.903. The van der Waals surface area contributed by atoms with Gasteiger partial charge in [-0.15, -0.1) is 0 Å². The van der Waals surface area contributed by atoms with Crippen LogP contribution in [-0.4, -0.2) is 64.4 Å². The predicted molar refractivity (Wildman–Crippen MR) is 73.4 cm³/mol. The highest BCUT2D eigenvalue weighted by Crippen LogP contribution is 2.17. The van der Waals surface area contributed by atoms with Crippen LogP contribution in [0, 0.1) is 0 Å². The normalized spacial score (nSPS) is 16.8. The summed E-state index contributed by atoms with van der Waals surface area (Å²) in [6.45, 7) is 3.56. The fourth-order valence-electron chi connectivity index (χ4n) is 1.99. The molecule has 21 heavy (non-hydrogen) atoms. The van der Waals surface area contributed by atoms with Crippen LogP contribution in [0.1, 0.15) is 33.1 Å². The molecule has 1 fully saturated rings. The average molecular weight is 299 g/mol. The van der Waals surface area contributed by atoms with Crippen molar-refractivity contribution in [2.45, 2.75) is 38.6 Å². The molecule has 0 radical (unpaired) electrons. The molecule has 1 saturated heterocycles. The zero-order valence-electron chi connectivity index (χ0n) is 12.5. The van der Waals surface area contributed by atoms with Crippen molar-refractivity contribution in [1.29, 1.82) is 0 Å². The molecule has 4 amide bonds. The topological polar surface area (TPSA) is 107 Å². The summed E-state index contributed by atoms with van der Waals surface area (Å²) in [6.07, 6.45) is 0.405. The molecular weight excluding hydrogens is 278 g/mol. The highest BCUT2D eigenvalue weighted by Gasteiger charge is 2.43. The second-order valence-corrected chi connectivity index (χ2v) is 5.57. The minimum Gasteiger partial charge on any atom is -0.481 e. The van der Waals surface area contributed by atoms with E-state index >= 15 is 0 Å². The zero-order chi connectivity index (χ0) is 16.2. The van der Waals surface area contributed by atoms with Gasteiger partial charge in [0.15, 0.2) is 0 Å². The number of carbonyl (C=O) groups is 4. The van der Waals surface area contributed by atoms with E-state index in [1.165, 1.54) is 11.9 Å². The highest BCUT2D eigenvalue weighted by molar-refractivity contribution is 6.06. The summed E-state index contributed by atoms with van der Waals surface area (Å²) >= 11 is 0. The highest BCUT2D eigenvalue weighted by atomic mass is 16.4. The van der Waals surface area contributed by atoms with Crippen LogP contribution in [0.4, 0.5) is 4.79 Å². The fourth-order valence-corrected chi connectivity index (χ4v) is 1.99. The van der Waals surface area contributed by atoms with Gasteiger partial charge in [0, 0.05) is 26.6 Å². The van der Waals surface area contributed by atoms with E-state index < -0.39 is 17.5 Å². The van der Waals surface area contributed by atoms with Crippen molar-refractivity contribution in [3.05, 3.63) is 0 Å². The maximum atomic E-state index is 11.9. The molecule has 8 heteroatoms. The van der Waals surface area contributed by atoms with Crippen molar-refractivity contribution in [3.63, 3.8) is 0 Å². The van der Waals surface area contributed by atoms with Gasteiger partial charge in [0.2, 0.25) is 5.91 Å². The summed E-state index contributed by atoms with van der Waals surface area (Å²) in [6, 6.07) is -0.448. The number of nitrogens with one attached hydrogen (secondary N) is 1. The van der Waals surface area contributed by atoms with Crippen molar-refractivity contribution in [3.8, 4) is 0 Å². The summed E-state index contributed by atoms with van der Waals surface area (Å²) in [5, 5.41) is 11.1. The number of hydrogen-bond acceptors (Lipinski definition) is 4. The number of carboxylic acid groups (broad SMARTS) is 1. The van der Waals surface area contributed by atoms with Crippen LogP contribution in [0.25, 0.3) is 0 Å². The van der Waals surface area contributed by atoms with Gasteiger partial charge in [-0.05, 0) is 20.3 Å². The Hall–Kier alpha value is -2.12. The van der Waals surface area contributed by atoms with E-state index in [0.29, 0.717) is 6.42 Å². The van der Waals surface area contributed by atoms with E-state index in [-0.39, 0.29) is 37.7 Å². The molecule has 0 atom stereocenters. The van der Waals surface area contributed by atoms with E-state index in [9.17, 15) is 19.2 Å². The zero-order valence-corrected chi connectivity index (χ0v) is 12.5. The lowest BCUT2D eigenvalue weighted by molar-refractivity contribution is -0.138. The van der Waals surface area contributed by atoms with Crippen LogP contribution >= 0.6 is 0 Å². The maximum Gasteiger partial charge on any atom is 0.325 e. The molecule has 0 unspecified atom stereocenters. The van der Waals surface area contributed by atoms with Gasteiger partial charge < -0.3 is 15.3 Å². The Morgan fingerprint density at radius 2 is 1.90 bits per heavy atom. The van der Waals surface area contributed by atoms with E-state index in [4.69, 9.17) is 5.11 Å². The van der Waals surface area contributed by atoms with Gasteiger partial charge in [-0.3, -0.25) is 19.3 Å². The number of rotatable bonds is 7. The number of carboxylic acids is 1. The first kappa shape index (κ1) is 16.9. The average Bonchev–Trinajstić information content (AvgIpc) is 2.57. The minimum absolute atomic E-state index is 0.108. The molecule has 0 bridgehead atoms. The van der Waals surface area contributed by atoms with E-state index in [0.717, 1.165) is 4.90 Å². The summed E-state index contributed by atoms with van der Waals surface area (Å²) in [4.78, 5) is 48.1. The third-order valence-electron chi connectivity index (χ3n) is 3.30. The van der Waals surface area contributed by atoms with Gasteiger partial charge in [0.1, 0.15) is 5.54 Å². The predicted octanol–water partition coefficient (Wildman–Crippen LogP) is 0.0301. The second kappa shape index (κ2) is 6.55. The number of nitrogens with zero attached hydrogens (tertiary/aromatic N) is 2. The molecule has 0 spiro atoms. The van der Waals surface area contributed by atoms with Gasteiger partial charge in [-0.2, -0.15) is 0 Å². The molecule has 1 aliphatic heterocycles. The molecule has 118 valence electrons. The van der Waals surface area contributed by atoms with Crippen molar-refractivity contribution in [2.24, 2.45) is 0 Å². The number of aliphatic carboxylic acids is 1. The Morgan fingerprint density at radius 1 is 1.29 bits per heavy atom. The Balaban J connectivity index is 2.37. The van der Waals surface area contributed by atoms with Crippen molar-refractivity contribution >= 4 is 23.8 Å². The maximum absolute atomic E-state index is 11.9. The van der Waals surface area contributed by atoms with E-state index in [1.54, 1.807) is 13.8 Å². The SMILES string of the molecule is CN(CCC(=O)O)C(=O)CCCN1C(=O)NC(C)(C)C1=O. The summed E-state index contributed by atoms with van der Waals surface area (Å²) in [7, 11) is 1.53. The third kappa shape index (κ3) is 4.44. The third-order valence-corrected chi connectivity index (χ3v) is 3.30. The standard InChI is InChI=1S/C13H21N3O5/c1-13(2)11(20)16(12(21)14-13)7-4-5-9(17)15(3)8-6-10(18)19/h4-8H2,1-3H3,(H,14,21)(H,18,19). The van der Waals surface area contributed by atoms with Crippen LogP contribution in [0.15, 0.2) is 0 Å². The first-order chi connectivity index (χ1) is 9.65. The lowest BCUT2D eigenvalue weighted by Gasteiger charge is -2.18. The fraction of sp³-hybridized carbons (Fsp3) is 0.692. The number of imide groups is 1. The molecule has 8 nitrogen and oxygen atoms in total. The van der Waals surface area contributed by atoms with E-state index in [2.05, 4.69) is 5.32 Å². The van der Waals surface area contributed by atoms with Crippen LogP contribution < -0.4 is 5.32 Å². The van der Waals surface area contributed by atoms with E-state index in [1.807, 2.05) is 0 Å².